The standard InChI is InChI=1S/C11H21N7O/c1-4-6-13-8(19)5-7-14-10-15-9(12)16-11(17-10)18(2)3/h4-7H2,1-3H3,(H,13,19)(H3,12,14,15,16,17). The van der Waals surface area contributed by atoms with Crippen molar-refractivity contribution >= 4 is 23.8 Å². The first-order valence-electron chi connectivity index (χ1n) is 6.22. The van der Waals surface area contributed by atoms with Gasteiger partial charge in [0.25, 0.3) is 0 Å². The minimum absolute atomic E-state index is 0.00390. The van der Waals surface area contributed by atoms with Gasteiger partial charge in [0.15, 0.2) is 0 Å². The number of hydrogen-bond donors (Lipinski definition) is 3. The van der Waals surface area contributed by atoms with Gasteiger partial charge in [-0.3, -0.25) is 4.79 Å². The van der Waals surface area contributed by atoms with Gasteiger partial charge in [0, 0.05) is 33.6 Å². The van der Waals surface area contributed by atoms with Crippen molar-refractivity contribution < 1.29 is 4.79 Å². The molecule has 0 fully saturated rings. The number of carbonyl (C=O) groups excluding carboxylic acids is 1. The Bertz CT molecular complexity index is 422. The Morgan fingerprint density at radius 3 is 2.63 bits per heavy atom. The zero-order valence-electron chi connectivity index (χ0n) is 11.6. The summed E-state index contributed by atoms with van der Waals surface area (Å²) < 4.78 is 0. The molecule has 0 saturated heterocycles. The molecule has 0 aromatic carbocycles. The number of amides is 1. The van der Waals surface area contributed by atoms with Crippen molar-refractivity contribution in [1.29, 1.82) is 0 Å². The first-order chi connectivity index (χ1) is 9.02. The summed E-state index contributed by atoms with van der Waals surface area (Å²) in [6, 6.07) is 0. The highest BCUT2D eigenvalue weighted by molar-refractivity contribution is 5.76. The van der Waals surface area contributed by atoms with Crippen LogP contribution in [0.3, 0.4) is 0 Å². The van der Waals surface area contributed by atoms with Crippen molar-refractivity contribution in [3.8, 4) is 0 Å². The highest BCUT2D eigenvalue weighted by Gasteiger charge is 2.06. The molecule has 1 rings (SSSR count). The van der Waals surface area contributed by atoms with Crippen molar-refractivity contribution in [2.75, 3.05) is 43.1 Å². The number of rotatable bonds is 7. The third kappa shape index (κ3) is 5.36. The molecular formula is C11H21N7O. The second kappa shape index (κ2) is 7.34. The van der Waals surface area contributed by atoms with Crippen LogP contribution in [0.25, 0.3) is 0 Å². The smallest absolute Gasteiger partial charge is 0.231 e. The van der Waals surface area contributed by atoms with Crippen LogP contribution in [-0.2, 0) is 4.79 Å². The maximum Gasteiger partial charge on any atom is 0.231 e. The van der Waals surface area contributed by atoms with Crippen LogP contribution in [-0.4, -0.2) is 48.0 Å². The number of carbonyl (C=O) groups is 1. The van der Waals surface area contributed by atoms with Crippen molar-refractivity contribution in [3.05, 3.63) is 0 Å². The Balaban J connectivity index is 2.47. The third-order valence-corrected chi connectivity index (χ3v) is 2.25. The molecule has 1 amide bonds. The van der Waals surface area contributed by atoms with E-state index in [-0.39, 0.29) is 11.9 Å². The molecule has 0 radical (unpaired) electrons. The molecule has 106 valence electrons. The fourth-order valence-electron chi connectivity index (χ4n) is 1.30. The quantitative estimate of drug-likeness (QED) is 0.630. The number of nitrogens with one attached hydrogen (secondary N) is 2. The number of nitrogen functional groups attached to an aromatic ring is 1. The molecule has 8 heteroatoms. The van der Waals surface area contributed by atoms with Gasteiger partial charge in [0.05, 0.1) is 0 Å². The van der Waals surface area contributed by atoms with Crippen LogP contribution >= 0.6 is 0 Å². The number of nitrogens with two attached hydrogens (primary N) is 1. The van der Waals surface area contributed by atoms with E-state index in [9.17, 15) is 4.79 Å². The van der Waals surface area contributed by atoms with Gasteiger partial charge in [-0.2, -0.15) is 15.0 Å². The molecule has 8 nitrogen and oxygen atoms in total. The summed E-state index contributed by atoms with van der Waals surface area (Å²) in [4.78, 5) is 25.2. The number of anilines is 3. The van der Waals surface area contributed by atoms with Crippen molar-refractivity contribution in [1.82, 2.24) is 20.3 Å². The summed E-state index contributed by atoms with van der Waals surface area (Å²) in [7, 11) is 3.63. The maximum absolute atomic E-state index is 11.4. The molecule has 4 N–H and O–H groups in total. The number of aromatic nitrogens is 3. The Morgan fingerprint density at radius 1 is 1.26 bits per heavy atom. The van der Waals surface area contributed by atoms with E-state index >= 15 is 0 Å². The van der Waals surface area contributed by atoms with Crippen LogP contribution in [0.2, 0.25) is 0 Å². The molecule has 1 heterocycles. The van der Waals surface area contributed by atoms with Gasteiger partial charge in [0.2, 0.25) is 23.8 Å². The average Bonchev–Trinajstić information content (AvgIpc) is 2.35. The van der Waals surface area contributed by atoms with E-state index in [1.54, 1.807) is 4.90 Å². The van der Waals surface area contributed by atoms with Crippen LogP contribution in [0.4, 0.5) is 17.8 Å². The average molecular weight is 267 g/mol. The molecule has 0 atom stereocenters. The summed E-state index contributed by atoms with van der Waals surface area (Å²) in [5.41, 5.74) is 5.59. The fraction of sp³-hybridized carbons (Fsp3) is 0.636. The monoisotopic (exact) mass is 267 g/mol. The predicted octanol–water partition coefficient (Wildman–Crippen LogP) is -0.152. The van der Waals surface area contributed by atoms with Gasteiger partial charge in [-0.15, -0.1) is 0 Å². The second-order valence-corrected chi connectivity index (χ2v) is 4.24. The van der Waals surface area contributed by atoms with E-state index in [0.29, 0.717) is 31.4 Å². The van der Waals surface area contributed by atoms with Crippen LogP contribution in [0, 0.1) is 0 Å². The van der Waals surface area contributed by atoms with Gasteiger partial charge in [-0.1, -0.05) is 6.92 Å². The van der Waals surface area contributed by atoms with E-state index in [2.05, 4.69) is 25.6 Å². The lowest BCUT2D eigenvalue weighted by atomic mass is 10.4. The zero-order valence-corrected chi connectivity index (χ0v) is 11.6. The molecule has 19 heavy (non-hydrogen) atoms. The Morgan fingerprint density at radius 2 is 2.00 bits per heavy atom. The minimum Gasteiger partial charge on any atom is -0.368 e. The van der Waals surface area contributed by atoms with E-state index in [0.717, 1.165) is 6.42 Å². The van der Waals surface area contributed by atoms with Gasteiger partial charge in [0.1, 0.15) is 0 Å². The van der Waals surface area contributed by atoms with E-state index in [1.165, 1.54) is 0 Å². The Kier molecular flexibility index (Phi) is 5.77. The maximum atomic E-state index is 11.4. The molecular weight excluding hydrogens is 246 g/mol. The predicted molar refractivity (Wildman–Crippen MR) is 75.0 cm³/mol. The molecule has 0 aliphatic carbocycles. The normalized spacial score (nSPS) is 10.1. The molecule has 0 aliphatic heterocycles. The fourth-order valence-corrected chi connectivity index (χ4v) is 1.30. The topological polar surface area (TPSA) is 109 Å². The van der Waals surface area contributed by atoms with Crippen molar-refractivity contribution in [2.45, 2.75) is 19.8 Å². The first kappa shape index (κ1) is 14.9. The van der Waals surface area contributed by atoms with Crippen LogP contribution in [0.15, 0.2) is 0 Å². The van der Waals surface area contributed by atoms with Gasteiger partial charge < -0.3 is 21.3 Å². The SMILES string of the molecule is CCCNC(=O)CCNc1nc(N)nc(N(C)C)n1. The molecule has 0 aliphatic rings. The summed E-state index contributed by atoms with van der Waals surface area (Å²) >= 11 is 0. The zero-order chi connectivity index (χ0) is 14.3. The molecule has 0 bridgehead atoms. The van der Waals surface area contributed by atoms with Crippen LogP contribution < -0.4 is 21.3 Å². The summed E-state index contributed by atoms with van der Waals surface area (Å²) in [6.45, 7) is 3.16. The molecule has 0 spiro atoms. The molecule has 0 unspecified atom stereocenters. The number of nitrogens with zero attached hydrogens (tertiary/aromatic N) is 4. The summed E-state index contributed by atoms with van der Waals surface area (Å²) in [6.07, 6.45) is 1.29. The van der Waals surface area contributed by atoms with Crippen LogP contribution in [0.5, 0.6) is 0 Å². The van der Waals surface area contributed by atoms with Crippen molar-refractivity contribution in [2.24, 2.45) is 0 Å². The van der Waals surface area contributed by atoms with E-state index in [1.807, 2.05) is 21.0 Å². The number of hydrogen-bond acceptors (Lipinski definition) is 7. The Labute approximate surface area is 112 Å². The lowest BCUT2D eigenvalue weighted by molar-refractivity contribution is -0.120. The third-order valence-electron chi connectivity index (χ3n) is 2.25. The molecule has 1 aromatic heterocycles. The van der Waals surface area contributed by atoms with Crippen molar-refractivity contribution in [3.63, 3.8) is 0 Å². The minimum atomic E-state index is 0.00390. The highest BCUT2D eigenvalue weighted by atomic mass is 16.1. The van der Waals surface area contributed by atoms with Crippen LogP contribution in [0.1, 0.15) is 19.8 Å². The largest absolute Gasteiger partial charge is 0.368 e. The lowest BCUT2D eigenvalue weighted by Crippen LogP contribution is -2.26. The second-order valence-electron chi connectivity index (χ2n) is 4.24. The lowest BCUT2D eigenvalue weighted by Gasteiger charge is -2.12. The first-order valence-corrected chi connectivity index (χ1v) is 6.22. The van der Waals surface area contributed by atoms with Gasteiger partial charge in [-0.05, 0) is 6.42 Å². The molecule has 1 aromatic rings. The van der Waals surface area contributed by atoms with E-state index < -0.39 is 0 Å². The van der Waals surface area contributed by atoms with Gasteiger partial charge in [-0.25, -0.2) is 0 Å². The van der Waals surface area contributed by atoms with Gasteiger partial charge >= 0.3 is 0 Å². The Hall–Kier alpha value is -2.12. The highest BCUT2D eigenvalue weighted by Crippen LogP contribution is 2.08. The summed E-state index contributed by atoms with van der Waals surface area (Å²) in [5.74, 6) is 1.01. The summed E-state index contributed by atoms with van der Waals surface area (Å²) in [5, 5.41) is 5.75. The van der Waals surface area contributed by atoms with E-state index in [4.69, 9.17) is 5.73 Å². The molecule has 0 saturated carbocycles.